The molecule has 1 N–H and O–H groups in total. The first-order chi connectivity index (χ1) is 13.3. The van der Waals surface area contributed by atoms with Crippen LogP contribution in [0.2, 0.25) is 0 Å². The van der Waals surface area contributed by atoms with Gasteiger partial charge in [-0.15, -0.1) is 24.0 Å². The van der Waals surface area contributed by atoms with Crippen molar-refractivity contribution in [3.8, 4) is 0 Å². The first-order valence-electron chi connectivity index (χ1n) is 11.7. The Morgan fingerprint density at radius 2 is 1.93 bits per heavy atom. The molecule has 0 aromatic heterocycles. The molecule has 2 saturated carbocycles. The van der Waals surface area contributed by atoms with Crippen LogP contribution in [0.3, 0.4) is 0 Å². The van der Waals surface area contributed by atoms with Crippen LogP contribution < -0.4 is 5.32 Å². The van der Waals surface area contributed by atoms with Crippen LogP contribution in [0, 0.1) is 17.3 Å². The second kappa shape index (κ2) is 8.96. The van der Waals surface area contributed by atoms with Gasteiger partial charge in [-0.05, 0) is 64.5 Å². The topological polar surface area (TPSA) is 40.1 Å². The van der Waals surface area contributed by atoms with Crippen LogP contribution >= 0.6 is 24.0 Å². The van der Waals surface area contributed by atoms with Crippen molar-refractivity contribution in [2.45, 2.75) is 70.4 Å². The molecule has 3 heterocycles. The average molecular weight is 502 g/mol. The number of nitrogens with one attached hydrogen (secondary N) is 1. The minimum Gasteiger partial charge on any atom is -0.377 e. The van der Waals surface area contributed by atoms with Gasteiger partial charge in [0.25, 0.3) is 0 Å². The van der Waals surface area contributed by atoms with Crippen molar-refractivity contribution in [1.82, 2.24) is 15.1 Å². The third-order valence-electron chi connectivity index (χ3n) is 8.18. The molecule has 28 heavy (non-hydrogen) atoms. The largest absolute Gasteiger partial charge is 0.377 e. The van der Waals surface area contributed by atoms with Crippen LogP contribution in [0.1, 0.15) is 58.3 Å². The Hall–Kier alpha value is -0.0800. The van der Waals surface area contributed by atoms with Crippen molar-refractivity contribution in [1.29, 1.82) is 0 Å². The van der Waals surface area contributed by atoms with Gasteiger partial charge >= 0.3 is 0 Å². The Bertz CT molecular complexity index is 561. The van der Waals surface area contributed by atoms with Gasteiger partial charge in [0.05, 0.1) is 6.10 Å². The summed E-state index contributed by atoms with van der Waals surface area (Å²) in [5.41, 5.74) is 0.433. The second-order valence-corrected chi connectivity index (χ2v) is 9.71. The highest BCUT2D eigenvalue weighted by molar-refractivity contribution is 14.0. The Morgan fingerprint density at radius 3 is 2.64 bits per heavy atom. The summed E-state index contributed by atoms with van der Waals surface area (Å²) in [6.07, 6.45) is 11.4. The zero-order valence-corrected chi connectivity index (χ0v) is 19.9. The lowest BCUT2D eigenvalue weighted by Gasteiger charge is -2.63. The molecule has 0 radical (unpaired) electrons. The van der Waals surface area contributed by atoms with Gasteiger partial charge in [0.2, 0.25) is 0 Å². The summed E-state index contributed by atoms with van der Waals surface area (Å²) < 4.78 is 6.11. The van der Waals surface area contributed by atoms with E-state index in [2.05, 4.69) is 22.0 Å². The molecule has 5 fully saturated rings. The van der Waals surface area contributed by atoms with E-state index in [0.29, 0.717) is 17.6 Å². The van der Waals surface area contributed by atoms with Gasteiger partial charge in [0.1, 0.15) is 0 Å². The number of rotatable bonds is 4. The average Bonchev–Trinajstić information content (AvgIpc) is 3.26. The molecule has 2 aliphatic carbocycles. The standard InChI is InChI=1S/C22H38N4O.HI/c1-2-23-21(24-19-18-8-14-27-20(18)22(19)9-6-10-22)26-13-7-17(16-26)15-25-11-4-3-5-12-25;/h17-20H,2-16H2,1H3,(H,23,24);1H. The van der Waals surface area contributed by atoms with E-state index in [1.165, 1.54) is 90.0 Å². The number of hydrogen-bond acceptors (Lipinski definition) is 3. The summed E-state index contributed by atoms with van der Waals surface area (Å²) in [7, 11) is 0. The zero-order valence-electron chi connectivity index (χ0n) is 17.6. The van der Waals surface area contributed by atoms with Crippen molar-refractivity contribution in [2.24, 2.45) is 22.2 Å². The van der Waals surface area contributed by atoms with Gasteiger partial charge in [0.15, 0.2) is 5.96 Å². The fraction of sp³-hybridized carbons (Fsp3) is 0.955. The Morgan fingerprint density at radius 1 is 1.11 bits per heavy atom. The van der Waals surface area contributed by atoms with Gasteiger partial charge in [0, 0.05) is 50.2 Å². The quantitative estimate of drug-likeness (QED) is 0.364. The molecule has 6 heteroatoms. The highest BCUT2D eigenvalue weighted by atomic mass is 127. The molecule has 3 aliphatic heterocycles. The number of fused-ring (bicyclic) bond motifs is 2. The molecule has 0 amide bonds. The van der Waals surface area contributed by atoms with Gasteiger partial charge in [-0.3, -0.25) is 4.99 Å². The Kier molecular flexibility index (Phi) is 6.77. The molecule has 5 aliphatic rings. The molecule has 0 bridgehead atoms. The molecule has 1 spiro atoms. The normalized spacial score (nSPS) is 37.2. The molecule has 0 aromatic carbocycles. The summed E-state index contributed by atoms with van der Waals surface area (Å²) in [6, 6.07) is 0.602. The van der Waals surface area contributed by atoms with Crippen LogP contribution in [0.25, 0.3) is 0 Å². The summed E-state index contributed by atoms with van der Waals surface area (Å²) in [5, 5.41) is 3.97. The lowest BCUT2D eigenvalue weighted by Crippen LogP contribution is -2.72. The number of ether oxygens (including phenoxy) is 1. The number of piperidine rings is 1. The first-order valence-corrected chi connectivity index (χ1v) is 11.7. The highest BCUT2D eigenvalue weighted by Gasteiger charge is 2.66. The first kappa shape index (κ1) is 21.2. The van der Waals surface area contributed by atoms with Crippen molar-refractivity contribution < 1.29 is 4.74 Å². The van der Waals surface area contributed by atoms with Gasteiger partial charge < -0.3 is 19.9 Å². The fourth-order valence-electron chi connectivity index (χ4n) is 6.66. The van der Waals surface area contributed by atoms with Crippen LogP contribution in [-0.2, 0) is 4.74 Å². The third-order valence-corrected chi connectivity index (χ3v) is 8.18. The van der Waals surface area contributed by atoms with Gasteiger partial charge in [-0.1, -0.05) is 12.8 Å². The van der Waals surface area contributed by atoms with Gasteiger partial charge in [-0.25, -0.2) is 0 Å². The van der Waals surface area contributed by atoms with E-state index < -0.39 is 0 Å². The number of likely N-dealkylation sites (tertiary alicyclic amines) is 2. The van der Waals surface area contributed by atoms with Crippen molar-refractivity contribution >= 4 is 29.9 Å². The van der Waals surface area contributed by atoms with Crippen molar-refractivity contribution in [3.63, 3.8) is 0 Å². The number of aliphatic imine (C=N–C) groups is 1. The minimum atomic E-state index is 0. The van der Waals surface area contributed by atoms with E-state index in [9.17, 15) is 0 Å². The number of nitrogens with zero attached hydrogens (tertiary/aromatic N) is 3. The molecule has 3 saturated heterocycles. The fourth-order valence-corrected chi connectivity index (χ4v) is 6.66. The van der Waals surface area contributed by atoms with E-state index in [1.54, 1.807) is 0 Å². The smallest absolute Gasteiger partial charge is 0.194 e. The summed E-state index contributed by atoms with van der Waals surface area (Å²) in [6.45, 7) is 10.3. The lowest BCUT2D eigenvalue weighted by molar-refractivity contribution is -0.171. The SMILES string of the molecule is CCN=C(NC1C2CCOC2C12CCC2)N1CCC(CN2CCCCC2)C1.I. The highest BCUT2D eigenvalue weighted by Crippen LogP contribution is 2.62. The van der Waals surface area contributed by atoms with Crippen LogP contribution in [-0.4, -0.2) is 73.8 Å². The van der Waals surface area contributed by atoms with Crippen LogP contribution in [0.15, 0.2) is 4.99 Å². The molecule has 5 nitrogen and oxygen atoms in total. The number of hydrogen-bond donors (Lipinski definition) is 1. The van der Waals surface area contributed by atoms with E-state index in [1.807, 2.05) is 0 Å². The predicted octanol–water partition coefficient (Wildman–Crippen LogP) is 3.34. The molecule has 5 rings (SSSR count). The van der Waals surface area contributed by atoms with Crippen molar-refractivity contribution in [2.75, 3.05) is 45.9 Å². The summed E-state index contributed by atoms with van der Waals surface area (Å²) in [5.74, 6) is 2.73. The lowest BCUT2D eigenvalue weighted by atomic mass is 9.46. The maximum absolute atomic E-state index is 6.11. The van der Waals surface area contributed by atoms with E-state index >= 15 is 0 Å². The molecular formula is C22H39IN4O. The second-order valence-electron chi connectivity index (χ2n) is 9.71. The van der Waals surface area contributed by atoms with E-state index in [4.69, 9.17) is 9.73 Å². The third kappa shape index (κ3) is 3.70. The number of guanidine groups is 1. The maximum atomic E-state index is 6.11. The molecular weight excluding hydrogens is 463 g/mol. The molecule has 0 aromatic rings. The zero-order chi connectivity index (χ0) is 18.3. The summed E-state index contributed by atoms with van der Waals surface area (Å²) in [4.78, 5) is 10.2. The van der Waals surface area contributed by atoms with Crippen molar-refractivity contribution in [3.05, 3.63) is 0 Å². The molecule has 4 unspecified atom stereocenters. The molecule has 4 atom stereocenters. The minimum absolute atomic E-state index is 0. The van der Waals surface area contributed by atoms with E-state index in [0.717, 1.165) is 25.0 Å². The Labute approximate surface area is 188 Å². The number of halogens is 1. The van der Waals surface area contributed by atoms with Gasteiger partial charge in [-0.2, -0.15) is 0 Å². The predicted molar refractivity (Wildman–Crippen MR) is 124 cm³/mol. The van der Waals surface area contributed by atoms with E-state index in [-0.39, 0.29) is 24.0 Å². The van der Waals surface area contributed by atoms with Crippen LogP contribution in [0.5, 0.6) is 0 Å². The molecule has 160 valence electrons. The monoisotopic (exact) mass is 502 g/mol. The Balaban J connectivity index is 0.00000192. The summed E-state index contributed by atoms with van der Waals surface area (Å²) >= 11 is 0. The maximum Gasteiger partial charge on any atom is 0.194 e. The van der Waals surface area contributed by atoms with Crippen LogP contribution in [0.4, 0.5) is 0 Å².